The maximum Gasteiger partial charge on any atom is 0.233 e. The SMILES string of the molecule is COc1ccc(-n2cnnc2SCC(=O)N2CCCCC2C(C)C)cc1. The van der Waals surface area contributed by atoms with E-state index >= 15 is 0 Å². The van der Waals surface area contributed by atoms with E-state index in [1.807, 2.05) is 28.8 Å². The Morgan fingerprint density at radius 1 is 1.31 bits per heavy atom. The van der Waals surface area contributed by atoms with Crippen LogP contribution >= 0.6 is 11.8 Å². The quantitative estimate of drug-likeness (QED) is 0.725. The number of hydrogen-bond donors (Lipinski definition) is 0. The third-order valence-corrected chi connectivity index (χ3v) is 5.76. The predicted molar refractivity (Wildman–Crippen MR) is 103 cm³/mol. The molecule has 7 heteroatoms. The molecule has 0 radical (unpaired) electrons. The summed E-state index contributed by atoms with van der Waals surface area (Å²) in [6.07, 6.45) is 5.09. The molecule has 1 atom stereocenters. The van der Waals surface area contributed by atoms with E-state index in [2.05, 4.69) is 28.9 Å². The average Bonchev–Trinajstić information content (AvgIpc) is 3.14. The number of methoxy groups -OCH3 is 1. The largest absolute Gasteiger partial charge is 0.497 e. The highest BCUT2D eigenvalue weighted by Crippen LogP contribution is 2.26. The van der Waals surface area contributed by atoms with Gasteiger partial charge >= 0.3 is 0 Å². The molecule has 2 heterocycles. The van der Waals surface area contributed by atoms with Gasteiger partial charge in [-0.15, -0.1) is 10.2 Å². The first-order chi connectivity index (χ1) is 12.6. The van der Waals surface area contributed by atoms with Crippen LogP contribution in [-0.2, 0) is 4.79 Å². The Hall–Kier alpha value is -2.02. The fraction of sp³-hybridized carbons (Fsp3) is 0.526. The molecule has 1 unspecified atom stereocenters. The fourth-order valence-corrected chi connectivity index (χ4v) is 4.23. The molecule has 140 valence electrons. The summed E-state index contributed by atoms with van der Waals surface area (Å²) >= 11 is 1.44. The van der Waals surface area contributed by atoms with Gasteiger partial charge in [0.2, 0.25) is 5.91 Å². The molecule has 0 bridgehead atoms. The van der Waals surface area contributed by atoms with Crippen LogP contribution in [0, 0.1) is 5.92 Å². The number of carbonyl (C=O) groups is 1. The van der Waals surface area contributed by atoms with Gasteiger partial charge in [0.1, 0.15) is 12.1 Å². The van der Waals surface area contributed by atoms with Gasteiger partial charge in [-0.1, -0.05) is 25.6 Å². The van der Waals surface area contributed by atoms with E-state index in [0.717, 1.165) is 36.0 Å². The Morgan fingerprint density at radius 2 is 2.08 bits per heavy atom. The van der Waals surface area contributed by atoms with E-state index in [1.54, 1.807) is 13.4 Å². The first kappa shape index (κ1) is 18.8. The van der Waals surface area contributed by atoms with E-state index < -0.39 is 0 Å². The van der Waals surface area contributed by atoms with Crippen molar-refractivity contribution in [2.24, 2.45) is 5.92 Å². The van der Waals surface area contributed by atoms with Crippen molar-refractivity contribution in [2.45, 2.75) is 44.3 Å². The van der Waals surface area contributed by atoms with Crippen LogP contribution in [0.1, 0.15) is 33.1 Å². The normalized spacial score (nSPS) is 17.5. The monoisotopic (exact) mass is 374 g/mol. The summed E-state index contributed by atoms with van der Waals surface area (Å²) in [5, 5.41) is 8.91. The summed E-state index contributed by atoms with van der Waals surface area (Å²) in [6, 6.07) is 8.06. The smallest absolute Gasteiger partial charge is 0.233 e. The van der Waals surface area contributed by atoms with E-state index in [0.29, 0.717) is 17.7 Å². The van der Waals surface area contributed by atoms with Crippen LogP contribution in [0.4, 0.5) is 0 Å². The minimum atomic E-state index is 0.192. The number of nitrogens with zero attached hydrogens (tertiary/aromatic N) is 4. The number of thioether (sulfide) groups is 1. The molecule has 3 rings (SSSR count). The van der Waals surface area contributed by atoms with Crippen molar-refractivity contribution in [3.8, 4) is 11.4 Å². The number of ether oxygens (including phenoxy) is 1. The maximum absolute atomic E-state index is 12.8. The third-order valence-electron chi connectivity index (χ3n) is 4.83. The van der Waals surface area contributed by atoms with E-state index in [-0.39, 0.29) is 5.91 Å². The van der Waals surface area contributed by atoms with Gasteiger partial charge in [0.15, 0.2) is 5.16 Å². The minimum Gasteiger partial charge on any atom is -0.497 e. The second-order valence-electron chi connectivity index (χ2n) is 6.86. The molecule has 0 aliphatic carbocycles. The van der Waals surface area contributed by atoms with Gasteiger partial charge in [-0.25, -0.2) is 0 Å². The van der Waals surface area contributed by atoms with Crippen molar-refractivity contribution in [3.63, 3.8) is 0 Å². The molecular formula is C19H26N4O2S. The lowest BCUT2D eigenvalue weighted by Gasteiger charge is -2.38. The Morgan fingerprint density at radius 3 is 2.77 bits per heavy atom. The van der Waals surface area contributed by atoms with Crippen molar-refractivity contribution >= 4 is 17.7 Å². The van der Waals surface area contributed by atoms with Gasteiger partial charge in [-0.3, -0.25) is 9.36 Å². The van der Waals surface area contributed by atoms with E-state index in [9.17, 15) is 4.79 Å². The molecule has 1 fully saturated rings. The van der Waals surface area contributed by atoms with Gasteiger partial charge in [0.05, 0.1) is 12.9 Å². The lowest BCUT2D eigenvalue weighted by molar-refractivity contribution is -0.133. The molecule has 0 N–H and O–H groups in total. The summed E-state index contributed by atoms with van der Waals surface area (Å²) in [6.45, 7) is 5.26. The number of rotatable bonds is 6. The fourth-order valence-electron chi connectivity index (χ4n) is 3.41. The second-order valence-corrected chi connectivity index (χ2v) is 7.81. The Labute approximate surface area is 158 Å². The van der Waals surface area contributed by atoms with Gasteiger partial charge in [-0.2, -0.15) is 0 Å². The van der Waals surface area contributed by atoms with Crippen LogP contribution in [0.2, 0.25) is 0 Å². The Balaban J connectivity index is 1.66. The zero-order valence-electron chi connectivity index (χ0n) is 15.6. The molecule has 0 saturated carbocycles. The number of benzene rings is 1. The molecule has 1 aliphatic rings. The molecule has 1 aromatic carbocycles. The molecule has 0 spiro atoms. The van der Waals surface area contributed by atoms with Crippen LogP contribution in [0.25, 0.3) is 5.69 Å². The molecule has 1 aromatic heterocycles. The summed E-state index contributed by atoms with van der Waals surface area (Å²) in [7, 11) is 1.64. The minimum absolute atomic E-state index is 0.192. The van der Waals surface area contributed by atoms with E-state index in [4.69, 9.17) is 4.74 Å². The number of piperidine rings is 1. The number of likely N-dealkylation sites (tertiary alicyclic amines) is 1. The highest BCUT2D eigenvalue weighted by Gasteiger charge is 2.28. The zero-order chi connectivity index (χ0) is 18.5. The summed E-state index contributed by atoms with van der Waals surface area (Å²) < 4.78 is 7.09. The molecule has 6 nitrogen and oxygen atoms in total. The Kier molecular flexibility index (Phi) is 6.19. The predicted octanol–water partition coefficient (Wildman–Crippen LogP) is 3.41. The van der Waals surface area contributed by atoms with Crippen LogP contribution in [0.15, 0.2) is 35.7 Å². The van der Waals surface area contributed by atoms with Crippen molar-refractivity contribution in [3.05, 3.63) is 30.6 Å². The maximum atomic E-state index is 12.8. The van der Waals surface area contributed by atoms with Gasteiger partial charge < -0.3 is 9.64 Å². The van der Waals surface area contributed by atoms with Crippen molar-refractivity contribution < 1.29 is 9.53 Å². The van der Waals surface area contributed by atoms with Gasteiger partial charge in [-0.05, 0) is 49.4 Å². The summed E-state index contributed by atoms with van der Waals surface area (Å²) in [5.74, 6) is 1.87. The lowest BCUT2D eigenvalue weighted by atomic mass is 9.93. The highest BCUT2D eigenvalue weighted by atomic mass is 32.2. The molecule has 1 aliphatic heterocycles. The molecular weight excluding hydrogens is 348 g/mol. The number of amides is 1. The number of aromatic nitrogens is 3. The van der Waals surface area contributed by atoms with E-state index in [1.165, 1.54) is 18.2 Å². The number of carbonyl (C=O) groups excluding carboxylic acids is 1. The van der Waals surface area contributed by atoms with Crippen molar-refractivity contribution in [1.82, 2.24) is 19.7 Å². The number of hydrogen-bond acceptors (Lipinski definition) is 5. The average molecular weight is 375 g/mol. The first-order valence-electron chi connectivity index (χ1n) is 9.07. The first-order valence-corrected chi connectivity index (χ1v) is 10.1. The molecule has 1 amide bonds. The lowest BCUT2D eigenvalue weighted by Crippen LogP contribution is -2.47. The zero-order valence-corrected chi connectivity index (χ0v) is 16.4. The third kappa shape index (κ3) is 4.20. The molecule has 2 aromatic rings. The standard InChI is InChI=1S/C19H26N4O2S/c1-14(2)17-6-4-5-11-22(17)18(24)12-26-19-21-20-13-23(19)15-7-9-16(25-3)10-8-15/h7-10,13-14,17H,4-6,11-12H2,1-3H3. The van der Waals surface area contributed by atoms with Crippen LogP contribution in [0.3, 0.4) is 0 Å². The highest BCUT2D eigenvalue weighted by molar-refractivity contribution is 7.99. The summed E-state index contributed by atoms with van der Waals surface area (Å²) in [4.78, 5) is 14.8. The van der Waals surface area contributed by atoms with Crippen LogP contribution in [0.5, 0.6) is 5.75 Å². The molecule has 26 heavy (non-hydrogen) atoms. The van der Waals surface area contributed by atoms with Gasteiger partial charge in [0, 0.05) is 18.3 Å². The van der Waals surface area contributed by atoms with Crippen molar-refractivity contribution in [2.75, 3.05) is 19.4 Å². The Bertz CT molecular complexity index is 729. The topological polar surface area (TPSA) is 60.2 Å². The van der Waals surface area contributed by atoms with Crippen molar-refractivity contribution in [1.29, 1.82) is 0 Å². The molecule has 1 saturated heterocycles. The van der Waals surface area contributed by atoms with Crippen LogP contribution < -0.4 is 4.74 Å². The van der Waals surface area contributed by atoms with Crippen LogP contribution in [-0.4, -0.2) is 51.0 Å². The second kappa shape index (κ2) is 8.58. The summed E-state index contributed by atoms with van der Waals surface area (Å²) in [5.41, 5.74) is 0.948. The van der Waals surface area contributed by atoms with Gasteiger partial charge in [0.25, 0.3) is 0 Å².